The minimum absolute atomic E-state index is 0.142. The first-order chi connectivity index (χ1) is 7.97. The van der Waals surface area contributed by atoms with E-state index in [2.05, 4.69) is 5.32 Å². The molecule has 0 saturated carbocycles. The van der Waals surface area contributed by atoms with E-state index in [0.717, 1.165) is 31.0 Å². The van der Waals surface area contributed by atoms with Gasteiger partial charge in [0.2, 0.25) is 0 Å². The van der Waals surface area contributed by atoms with E-state index in [1.54, 1.807) is 0 Å². The minimum atomic E-state index is -0.405. The van der Waals surface area contributed by atoms with Gasteiger partial charge in [-0.05, 0) is 33.7 Å². The third-order valence-corrected chi connectivity index (χ3v) is 4.29. The van der Waals surface area contributed by atoms with Gasteiger partial charge in [-0.3, -0.25) is 4.90 Å². The molecule has 2 aliphatic heterocycles. The average molecular weight is 258 g/mol. The van der Waals surface area contributed by atoms with Crippen LogP contribution in [-0.4, -0.2) is 53.3 Å². The molecule has 0 aromatic carbocycles. The molecule has 0 aromatic rings. The van der Waals surface area contributed by atoms with Crippen LogP contribution in [0, 0.1) is 0 Å². The van der Waals surface area contributed by atoms with Crippen LogP contribution in [-0.2, 0) is 4.74 Å². The Balaban J connectivity index is 2.01. The molecule has 5 heteroatoms. The molecule has 2 fully saturated rings. The van der Waals surface area contributed by atoms with E-state index in [1.807, 2.05) is 37.4 Å². The molecule has 4 nitrogen and oxygen atoms in total. The maximum Gasteiger partial charge on any atom is 0.410 e. The van der Waals surface area contributed by atoms with Gasteiger partial charge in [0.25, 0.3) is 0 Å². The van der Waals surface area contributed by atoms with Crippen molar-refractivity contribution in [3.63, 3.8) is 0 Å². The Morgan fingerprint density at radius 2 is 2.06 bits per heavy atom. The van der Waals surface area contributed by atoms with Gasteiger partial charge in [-0.25, -0.2) is 4.79 Å². The van der Waals surface area contributed by atoms with Crippen molar-refractivity contribution in [1.82, 2.24) is 10.2 Å². The van der Waals surface area contributed by atoms with Crippen LogP contribution in [0.15, 0.2) is 0 Å². The zero-order chi connectivity index (χ0) is 12.5. The highest BCUT2D eigenvalue weighted by Gasteiger charge is 2.38. The van der Waals surface area contributed by atoms with Crippen LogP contribution < -0.4 is 5.32 Å². The van der Waals surface area contributed by atoms with E-state index in [0.29, 0.717) is 12.1 Å². The summed E-state index contributed by atoms with van der Waals surface area (Å²) in [5, 5.41) is 3.32. The molecule has 0 radical (unpaired) electrons. The van der Waals surface area contributed by atoms with Crippen molar-refractivity contribution in [2.45, 2.75) is 44.9 Å². The van der Waals surface area contributed by atoms with Crippen molar-refractivity contribution in [1.29, 1.82) is 0 Å². The lowest BCUT2D eigenvalue weighted by molar-refractivity contribution is 0.0104. The van der Waals surface area contributed by atoms with Crippen LogP contribution in [0.5, 0.6) is 0 Å². The summed E-state index contributed by atoms with van der Waals surface area (Å²) in [4.78, 5) is 14.2. The van der Waals surface area contributed by atoms with Gasteiger partial charge in [-0.1, -0.05) is 0 Å². The average Bonchev–Trinajstić information content (AvgIpc) is 2.59. The number of thioether (sulfide) groups is 1. The molecule has 2 heterocycles. The highest BCUT2D eigenvalue weighted by molar-refractivity contribution is 8.00. The second kappa shape index (κ2) is 5.06. The fourth-order valence-electron chi connectivity index (χ4n) is 2.17. The van der Waals surface area contributed by atoms with Crippen molar-refractivity contribution in [2.24, 2.45) is 0 Å². The summed E-state index contributed by atoms with van der Waals surface area (Å²) < 4.78 is 5.52. The Hall–Kier alpha value is -0.420. The number of nitrogens with zero attached hydrogens (tertiary/aromatic N) is 1. The van der Waals surface area contributed by atoms with Gasteiger partial charge >= 0.3 is 6.09 Å². The predicted octanol–water partition coefficient (Wildman–Crippen LogP) is 1.70. The second-order valence-corrected chi connectivity index (χ2v) is 6.80. The summed E-state index contributed by atoms with van der Waals surface area (Å²) >= 11 is 1.90. The molecule has 98 valence electrons. The summed E-state index contributed by atoms with van der Waals surface area (Å²) in [6.45, 7) is 7.67. The third-order valence-electron chi connectivity index (χ3n) is 3.05. The van der Waals surface area contributed by atoms with E-state index in [-0.39, 0.29) is 6.09 Å². The highest BCUT2D eigenvalue weighted by atomic mass is 32.2. The Morgan fingerprint density at radius 1 is 1.35 bits per heavy atom. The van der Waals surface area contributed by atoms with Crippen LogP contribution >= 0.6 is 11.8 Å². The molecular weight excluding hydrogens is 236 g/mol. The van der Waals surface area contributed by atoms with Crippen LogP contribution in [0.2, 0.25) is 0 Å². The first-order valence-electron chi connectivity index (χ1n) is 6.27. The predicted molar refractivity (Wildman–Crippen MR) is 70.5 cm³/mol. The molecule has 0 aliphatic carbocycles. The standard InChI is InChI=1S/C12H22N2O2S/c1-12(2,3)16-11(15)14(10-7-17-8-10)9-4-5-13-6-9/h9-10,13H,4-8H2,1-3H3. The minimum Gasteiger partial charge on any atom is -0.444 e. The number of hydrogen-bond acceptors (Lipinski definition) is 4. The van der Waals surface area contributed by atoms with Crippen molar-refractivity contribution >= 4 is 17.9 Å². The Morgan fingerprint density at radius 3 is 2.47 bits per heavy atom. The maximum absolute atomic E-state index is 12.2. The van der Waals surface area contributed by atoms with Crippen LogP contribution in [0.3, 0.4) is 0 Å². The summed E-state index contributed by atoms with van der Waals surface area (Å²) in [5.41, 5.74) is -0.405. The molecule has 1 atom stereocenters. The topological polar surface area (TPSA) is 41.6 Å². The summed E-state index contributed by atoms with van der Waals surface area (Å²) in [6, 6.07) is 0.690. The van der Waals surface area contributed by atoms with Crippen molar-refractivity contribution in [3.05, 3.63) is 0 Å². The lowest BCUT2D eigenvalue weighted by Crippen LogP contribution is -2.54. The fourth-order valence-corrected chi connectivity index (χ4v) is 2.94. The number of carbonyl (C=O) groups is 1. The Labute approximate surface area is 107 Å². The van der Waals surface area contributed by atoms with Gasteiger partial charge in [0.05, 0.1) is 6.04 Å². The van der Waals surface area contributed by atoms with Crippen molar-refractivity contribution < 1.29 is 9.53 Å². The van der Waals surface area contributed by atoms with E-state index in [4.69, 9.17) is 4.74 Å². The molecule has 2 rings (SSSR count). The SMILES string of the molecule is CC(C)(C)OC(=O)N(C1CCNC1)C1CSC1. The first-order valence-corrected chi connectivity index (χ1v) is 7.42. The van der Waals surface area contributed by atoms with Crippen LogP contribution in [0.4, 0.5) is 4.79 Å². The van der Waals surface area contributed by atoms with Gasteiger partial charge in [-0.15, -0.1) is 0 Å². The lowest BCUT2D eigenvalue weighted by Gasteiger charge is -2.41. The molecule has 0 spiro atoms. The van der Waals surface area contributed by atoms with Gasteiger partial charge in [0.15, 0.2) is 0 Å². The zero-order valence-corrected chi connectivity index (χ0v) is 11.7. The molecule has 1 N–H and O–H groups in total. The lowest BCUT2D eigenvalue weighted by atomic mass is 10.1. The van der Waals surface area contributed by atoms with E-state index in [9.17, 15) is 4.79 Å². The first kappa shape index (κ1) is 13.0. The molecule has 1 unspecified atom stereocenters. The number of amides is 1. The summed E-state index contributed by atoms with van der Waals surface area (Å²) in [5.74, 6) is 2.10. The van der Waals surface area contributed by atoms with Crippen LogP contribution in [0.1, 0.15) is 27.2 Å². The van der Waals surface area contributed by atoms with Crippen LogP contribution in [0.25, 0.3) is 0 Å². The molecule has 2 saturated heterocycles. The van der Waals surface area contributed by atoms with Gasteiger partial charge < -0.3 is 10.1 Å². The molecule has 17 heavy (non-hydrogen) atoms. The summed E-state index contributed by atoms with van der Waals surface area (Å²) in [6.07, 6.45) is 0.900. The van der Waals surface area contributed by atoms with Crippen molar-refractivity contribution in [3.8, 4) is 0 Å². The van der Waals surface area contributed by atoms with E-state index in [1.165, 1.54) is 0 Å². The molecule has 1 amide bonds. The van der Waals surface area contributed by atoms with Gasteiger partial charge in [0.1, 0.15) is 5.60 Å². The fraction of sp³-hybridized carbons (Fsp3) is 0.917. The van der Waals surface area contributed by atoms with Gasteiger partial charge in [0, 0.05) is 24.1 Å². The maximum atomic E-state index is 12.2. The zero-order valence-electron chi connectivity index (χ0n) is 10.9. The molecule has 0 aromatic heterocycles. The Bertz CT molecular complexity index is 281. The second-order valence-electron chi connectivity index (χ2n) is 5.73. The van der Waals surface area contributed by atoms with E-state index >= 15 is 0 Å². The quantitative estimate of drug-likeness (QED) is 0.818. The third kappa shape index (κ3) is 3.28. The number of nitrogens with one attached hydrogen (secondary N) is 1. The smallest absolute Gasteiger partial charge is 0.410 e. The number of ether oxygens (including phenoxy) is 1. The number of rotatable bonds is 2. The van der Waals surface area contributed by atoms with Gasteiger partial charge in [-0.2, -0.15) is 11.8 Å². The molecule has 0 bridgehead atoms. The highest BCUT2D eigenvalue weighted by Crippen LogP contribution is 2.28. The largest absolute Gasteiger partial charge is 0.444 e. The summed E-state index contributed by atoms with van der Waals surface area (Å²) in [7, 11) is 0. The molecular formula is C12H22N2O2S. The normalized spacial score (nSPS) is 25.5. The number of carbonyl (C=O) groups excluding carboxylic acids is 1. The van der Waals surface area contributed by atoms with Crippen molar-refractivity contribution in [2.75, 3.05) is 24.6 Å². The Kier molecular flexibility index (Phi) is 3.88. The molecule has 2 aliphatic rings. The number of hydrogen-bond donors (Lipinski definition) is 1. The monoisotopic (exact) mass is 258 g/mol. The van der Waals surface area contributed by atoms with E-state index < -0.39 is 5.60 Å².